The molecule has 0 saturated carbocycles. The molecule has 16 heavy (non-hydrogen) atoms. The summed E-state index contributed by atoms with van der Waals surface area (Å²) < 4.78 is 0. The largest absolute Gasteiger partial charge is 0.368 e. The normalized spacial score (nSPS) is 10.2. The highest BCUT2D eigenvalue weighted by Gasteiger charge is 2.11. The van der Waals surface area contributed by atoms with Crippen LogP contribution in [0.25, 0.3) is 0 Å². The van der Waals surface area contributed by atoms with E-state index in [1.807, 2.05) is 24.8 Å². The van der Waals surface area contributed by atoms with Gasteiger partial charge in [-0.25, -0.2) is 4.98 Å². The van der Waals surface area contributed by atoms with Crippen LogP contribution in [0.15, 0.2) is 12.3 Å². The predicted octanol–water partition coefficient (Wildman–Crippen LogP) is 0.160. The molecule has 0 spiro atoms. The van der Waals surface area contributed by atoms with Gasteiger partial charge in [0.1, 0.15) is 5.82 Å². The van der Waals surface area contributed by atoms with E-state index in [0.717, 1.165) is 16.9 Å². The molecule has 0 atom stereocenters. The van der Waals surface area contributed by atoms with Crippen molar-refractivity contribution in [3.8, 4) is 0 Å². The monoisotopic (exact) mass is 222 g/mol. The van der Waals surface area contributed by atoms with E-state index in [1.54, 1.807) is 6.20 Å². The van der Waals surface area contributed by atoms with Crippen LogP contribution in [-0.2, 0) is 11.3 Å². The number of amides is 1. The number of nitrogens with two attached hydrogens (primary N) is 2. The molecule has 5 nitrogen and oxygen atoms in total. The van der Waals surface area contributed by atoms with Gasteiger partial charge in [-0.1, -0.05) is 0 Å². The van der Waals surface area contributed by atoms with Crippen molar-refractivity contribution in [2.45, 2.75) is 20.4 Å². The number of aryl methyl sites for hydroxylation is 1. The Hall–Kier alpha value is -1.62. The second-order valence-corrected chi connectivity index (χ2v) is 3.67. The smallest absolute Gasteiger partial charge is 0.236 e. The van der Waals surface area contributed by atoms with E-state index in [2.05, 4.69) is 4.98 Å². The van der Waals surface area contributed by atoms with E-state index in [0.29, 0.717) is 13.1 Å². The van der Waals surface area contributed by atoms with Crippen LogP contribution in [-0.4, -0.2) is 24.0 Å². The van der Waals surface area contributed by atoms with E-state index < -0.39 is 0 Å². The molecule has 0 aromatic carbocycles. The molecule has 1 aromatic heterocycles. The first kappa shape index (κ1) is 12.4. The molecule has 4 N–H and O–H groups in total. The van der Waals surface area contributed by atoms with Crippen molar-refractivity contribution in [3.05, 3.63) is 23.4 Å². The van der Waals surface area contributed by atoms with Gasteiger partial charge >= 0.3 is 0 Å². The van der Waals surface area contributed by atoms with E-state index >= 15 is 0 Å². The molecule has 0 fully saturated rings. The van der Waals surface area contributed by atoms with Crippen molar-refractivity contribution in [1.82, 2.24) is 4.98 Å². The molecular formula is C11H18N4O. The van der Waals surface area contributed by atoms with Crippen molar-refractivity contribution in [1.29, 1.82) is 0 Å². The third-order valence-corrected chi connectivity index (χ3v) is 2.37. The second kappa shape index (κ2) is 5.46. The summed E-state index contributed by atoms with van der Waals surface area (Å²) in [6.45, 7) is 5.26. The summed E-state index contributed by atoms with van der Waals surface area (Å²) in [5.74, 6) is 0.435. The van der Waals surface area contributed by atoms with Gasteiger partial charge in [0.15, 0.2) is 0 Å². The Morgan fingerprint density at radius 1 is 1.56 bits per heavy atom. The summed E-state index contributed by atoms with van der Waals surface area (Å²) in [7, 11) is 0. The molecule has 1 aromatic rings. The number of pyridine rings is 1. The lowest BCUT2D eigenvalue weighted by atomic mass is 10.2. The molecule has 0 bridgehead atoms. The maximum Gasteiger partial charge on any atom is 0.236 e. The number of aromatic nitrogens is 1. The number of likely N-dealkylation sites (N-methyl/N-ethyl adjacent to an activating group) is 1. The van der Waals surface area contributed by atoms with Crippen molar-refractivity contribution < 1.29 is 4.79 Å². The zero-order valence-corrected chi connectivity index (χ0v) is 9.73. The minimum atomic E-state index is -0.356. The van der Waals surface area contributed by atoms with Crippen molar-refractivity contribution in [2.75, 3.05) is 18.0 Å². The number of hydrogen-bond acceptors (Lipinski definition) is 4. The van der Waals surface area contributed by atoms with Gasteiger partial charge in [0, 0.05) is 19.3 Å². The highest BCUT2D eigenvalue weighted by atomic mass is 16.1. The highest BCUT2D eigenvalue weighted by Crippen LogP contribution is 2.17. The van der Waals surface area contributed by atoms with Crippen molar-refractivity contribution in [3.63, 3.8) is 0 Å². The zero-order valence-electron chi connectivity index (χ0n) is 9.73. The average molecular weight is 222 g/mol. The summed E-state index contributed by atoms with van der Waals surface area (Å²) in [5, 5.41) is 0. The van der Waals surface area contributed by atoms with Crippen LogP contribution < -0.4 is 16.4 Å². The Balaban J connectivity index is 2.96. The second-order valence-electron chi connectivity index (χ2n) is 3.67. The maximum atomic E-state index is 10.9. The Bertz CT molecular complexity index is 378. The van der Waals surface area contributed by atoms with Crippen LogP contribution in [0.4, 0.5) is 5.82 Å². The summed E-state index contributed by atoms with van der Waals surface area (Å²) in [6, 6.07) is 1.98. The number of carbonyl (C=O) groups is 1. The molecule has 1 amide bonds. The Labute approximate surface area is 95.4 Å². The number of rotatable bonds is 5. The lowest BCUT2D eigenvalue weighted by Crippen LogP contribution is -2.34. The third-order valence-electron chi connectivity index (χ3n) is 2.37. The minimum Gasteiger partial charge on any atom is -0.368 e. The zero-order chi connectivity index (χ0) is 12.1. The molecule has 0 unspecified atom stereocenters. The number of hydrogen-bond donors (Lipinski definition) is 2. The summed E-state index contributed by atoms with van der Waals surface area (Å²) in [6.07, 6.45) is 1.73. The van der Waals surface area contributed by atoms with E-state index in [9.17, 15) is 4.79 Å². The number of primary amides is 1. The Morgan fingerprint density at radius 2 is 2.25 bits per heavy atom. The van der Waals surface area contributed by atoms with Gasteiger partial charge in [-0.05, 0) is 31.0 Å². The summed E-state index contributed by atoms with van der Waals surface area (Å²) in [5.41, 5.74) is 12.7. The fourth-order valence-corrected chi connectivity index (χ4v) is 1.59. The summed E-state index contributed by atoms with van der Waals surface area (Å²) in [4.78, 5) is 17.1. The fourth-order valence-electron chi connectivity index (χ4n) is 1.59. The van der Waals surface area contributed by atoms with Crippen LogP contribution in [0, 0.1) is 6.92 Å². The van der Waals surface area contributed by atoms with Crippen molar-refractivity contribution >= 4 is 11.7 Å². The molecule has 88 valence electrons. The Morgan fingerprint density at radius 3 is 2.69 bits per heavy atom. The fraction of sp³-hybridized carbons (Fsp3) is 0.455. The molecule has 1 heterocycles. The topological polar surface area (TPSA) is 85.2 Å². The molecule has 0 aliphatic carbocycles. The van der Waals surface area contributed by atoms with E-state index in [4.69, 9.17) is 11.5 Å². The Kier molecular flexibility index (Phi) is 4.25. The van der Waals surface area contributed by atoms with Gasteiger partial charge in [-0.15, -0.1) is 0 Å². The van der Waals surface area contributed by atoms with Gasteiger partial charge in [-0.3, -0.25) is 4.79 Å². The first-order valence-corrected chi connectivity index (χ1v) is 5.27. The van der Waals surface area contributed by atoms with Crippen LogP contribution in [0.5, 0.6) is 0 Å². The lowest BCUT2D eigenvalue weighted by Gasteiger charge is -2.22. The van der Waals surface area contributed by atoms with Gasteiger partial charge in [0.25, 0.3) is 0 Å². The van der Waals surface area contributed by atoms with Crippen LogP contribution in [0.1, 0.15) is 18.1 Å². The molecule has 0 aliphatic heterocycles. The minimum absolute atomic E-state index is 0.187. The van der Waals surface area contributed by atoms with Crippen molar-refractivity contribution in [2.24, 2.45) is 11.5 Å². The molecule has 0 radical (unpaired) electrons. The van der Waals surface area contributed by atoms with Gasteiger partial charge in [-0.2, -0.15) is 0 Å². The van der Waals surface area contributed by atoms with Gasteiger partial charge < -0.3 is 16.4 Å². The van der Waals surface area contributed by atoms with Crippen LogP contribution >= 0.6 is 0 Å². The molecule has 1 rings (SSSR count). The molecule has 0 aliphatic rings. The molecule has 0 saturated heterocycles. The number of nitrogens with zero attached hydrogens (tertiary/aromatic N) is 2. The standard InChI is InChI=1S/C11H18N4O/c1-3-15(7-10(13)16)11-8(2)4-9(5-12)6-14-11/h4,6H,3,5,7,12H2,1-2H3,(H2,13,16). The maximum absolute atomic E-state index is 10.9. The van der Waals surface area contributed by atoms with Gasteiger partial charge in [0.05, 0.1) is 6.54 Å². The highest BCUT2D eigenvalue weighted by molar-refractivity contribution is 5.79. The molecular weight excluding hydrogens is 204 g/mol. The average Bonchev–Trinajstić information content (AvgIpc) is 2.25. The molecule has 5 heteroatoms. The lowest BCUT2D eigenvalue weighted by molar-refractivity contribution is -0.116. The third kappa shape index (κ3) is 2.93. The quantitative estimate of drug-likeness (QED) is 0.743. The van der Waals surface area contributed by atoms with E-state index in [-0.39, 0.29) is 12.5 Å². The van der Waals surface area contributed by atoms with Gasteiger partial charge in [0.2, 0.25) is 5.91 Å². The number of anilines is 1. The summed E-state index contributed by atoms with van der Waals surface area (Å²) >= 11 is 0. The van der Waals surface area contributed by atoms with Crippen LogP contribution in [0.3, 0.4) is 0 Å². The first-order valence-electron chi connectivity index (χ1n) is 5.27. The number of carbonyl (C=O) groups excluding carboxylic acids is 1. The SMILES string of the molecule is CCN(CC(N)=O)c1ncc(CN)cc1C. The van der Waals surface area contributed by atoms with E-state index in [1.165, 1.54) is 0 Å². The van der Waals surface area contributed by atoms with Crippen LogP contribution in [0.2, 0.25) is 0 Å². The predicted molar refractivity (Wildman–Crippen MR) is 63.9 cm³/mol. The first-order chi connectivity index (χ1) is 7.58.